The van der Waals surface area contributed by atoms with Crippen LogP contribution in [0.4, 0.5) is 4.39 Å². The summed E-state index contributed by atoms with van der Waals surface area (Å²) in [7, 11) is 2.39. The lowest BCUT2D eigenvalue weighted by Gasteiger charge is -2.20. The molecule has 19 heavy (non-hydrogen) atoms. The van der Waals surface area contributed by atoms with E-state index in [0.717, 1.165) is 25.1 Å². The van der Waals surface area contributed by atoms with Gasteiger partial charge in [-0.1, -0.05) is 12.1 Å². The van der Waals surface area contributed by atoms with Crippen LogP contribution in [0.5, 0.6) is 0 Å². The molecule has 0 aliphatic carbocycles. The summed E-state index contributed by atoms with van der Waals surface area (Å²) in [6.45, 7) is 2.71. The average Bonchev–Trinajstić information content (AvgIpc) is 2.80. The van der Waals surface area contributed by atoms with Gasteiger partial charge in [-0.15, -0.1) is 0 Å². The quantitative estimate of drug-likeness (QED) is 0.731. The normalized spacial score (nSPS) is 20.2. The van der Waals surface area contributed by atoms with Crippen LogP contribution in [-0.4, -0.2) is 60.2 Å². The standard InChI is InChI=1S/C13H20BFN2O2/c1-16(2)11-5-6-17(9-11)8-10-3-4-13(15)12(7-10)14(18)19/h3-4,7,11,18-19H,5-6,8-9H2,1-2H3. The summed E-state index contributed by atoms with van der Waals surface area (Å²) in [6.07, 6.45) is 1.13. The van der Waals surface area contributed by atoms with Crippen molar-refractivity contribution in [2.24, 2.45) is 0 Å². The molecule has 1 aromatic rings. The predicted molar refractivity (Wildman–Crippen MR) is 73.6 cm³/mol. The van der Waals surface area contributed by atoms with Crippen LogP contribution in [0.2, 0.25) is 0 Å². The third-order valence-electron chi connectivity index (χ3n) is 3.72. The van der Waals surface area contributed by atoms with Crippen molar-refractivity contribution in [1.82, 2.24) is 9.80 Å². The first-order valence-corrected chi connectivity index (χ1v) is 6.50. The first-order valence-electron chi connectivity index (χ1n) is 6.50. The van der Waals surface area contributed by atoms with Gasteiger partial charge in [-0.3, -0.25) is 4.90 Å². The van der Waals surface area contributed by atoms with E-state index in [2.05, 4.69) is 23.9 Å². The molecule has 104 valence electrons. The second-order valence-electron chi connectivity index (χ2n) is 5.37. The molecule has 0 aromatic heterocycles. The van der Waals surface area contributed by atoms with Gasteiger partial charge in [0.05, 0.1) is 0 Å². The van der Waals surface area contributed by atoms with Crippen molar-refractivity contribution in [2.75, 3.05) is 27.2 Å². The second kappa shape index (κ2) is 6.01. The molecular formula is C13H20BFN2O2. The Hall–Kier alpha value is -0.945. The molecule has 1 unspecified atom stereocenters. The van der Waals surface area contributed by atoms with Crippen LogP contribution in [0.3, 0.4) is 0 Å². The van der Waals surface area contributed by atoms with Crippen molar-refractivity contribution in [1.29, 1.82) is 0 Å². The van der Waals surface area contributed by atoms with Gasteiger partial charge in [0.1, 0.15) is 5.82 Å². The van der Waals surface area contributed by atoms with Crippen molar-refractivity contribution in [3.05, 3.63) is 29.6 Å². The molecule has 1 heterocycles. The van der Waals surface area contributed by atoms with Crippen LogP contribution in [0.1, 0.15) is 12.0 Å². The summed E-state index contributed by atoms with van der Waals surface area (Å²) in [5, 5.41) is 18.2. The fourth-order valence-electron chi connectivity index (χ4n) is 2.52. The lowest BCUT2D eigenvalue weighted by molar-refractivity contribution is 0.264. The van der Waals surface area contributed by atoms with E-state index < -0.39 is 12.9 Å². The Labute approximate surface area is 113 Å². The molecule has 1 atom stereocenters. The molecule has 1 fully saturated rings. The van der Waals surface area contributed by atoms with E-state index in [4.69, 9.17) is 10.0 Å². The van der Waals surface area contributed by atoms with Gasteiger partial charge in [0.15, 0.2) is 0 Å². The maximum atomic E-state index is 13.4. The van der Waals surface area contributed by atoms with E-state index in [1.165, 1.54) is 12.1 Å². The monoisotopic (exact) mass is 266 g/mol. The number of nitrogens with zero attached hydrogens (tertiary/aromatic N) is 2. The Morgan fingerprint density at radius 3 is 2.74 bits per heavy atom. The molecule has 0 amide bonds. The predicted octanol–water partition coefficient (Wildman–Crippen LogP) is -0.359. The minimum absolute atomic E-state index is 0.0548. The molecule has 1 aliphatic rings. The highest BCUT2D eigenvalue weighted by molar-refractivity contribution is 6.58. The smallest absolute Gasteiger partial charge is 0.423 e. The Balaban J connectivity index is 2.02. The summed E-state index contributed by atoms with van der Waals surface area (Å²) >= 11 is 0. The third-order valence-corrected chi connectivity index (χ3v) is 3.72. The van der Waals surface area contributed by atoms with Gasteiger partial charge >= 0.3 is 7.12 Å². The van der Waals surface area contributed by atoms with E-state index in [9.17, 15) is 4.39 Å². The second-order valence-corrected chi connectivity index (χ2v) is 5.37. The fourth-order valence-corrected chi connectivity index (χ4v) is 2.52. The third kappa shape index (κ3) is 3.54. The number of likely N-dealkylation sites (N-methyl/N-ethyl adjacent to an activating group) is 1. The van der Waals surface area contributed by atoms with Crippen molar-refractivity contribution in [3.63, 3.8) is 0 Å². The van der Waals surface area contributed by atoms with Gasteiger partial charge in [0.2, 0.25) is 0 Å². The molecular weight excluding hydrogens is 246 g/mol. The van der Waals surface area contributed by atoms with Crippen LogP contribution in [-0.2, 0) is 6.54 Å². The number of hydrogen-bond donors (Lipinski definition) is 2. The number of halogens is 1. The van der Waals surface area contributed by atoms with Crippen molar-refractivity contribution < 1.29 is 14.4 Å². The fraction of sp³-hybridized carbons (Fsp3) is 0.538. The maximum Gasteiger partial charge on any atom is 0.491 e. The molecule has 2 rings (SSSR count). The van der Waals surface area contributed by atoms with Gasteiger partial charge in [-0.05, 0) is 32.1 Å². The minimum atomic E-state index is -1.76. The van der Waals surface area contributed by atoms with Crippen LogP contribution < -0.4 is 5.46 Å². The summed E-state index contributed by atoms with van der Waals surface area (Å²) in [5.74, 6) is -0.577. The van der Waals surface area contributed by atoms with Crippen LogP contribution in [0, 0.1) is 5.82 Å². The van der Waals surface area contributed by atoms with E-state index >= 15 is 0 Å². The van der Waals surface area contributed by atoms with Gasteiger partial charge < -0.3 is 14.9 Å². The average molecular weight is 266 g/mol. The Morgan fingerprint density at radius 1 is 1.42 bits per heavy atom. The van der Waals surface area contributed by atoms with Crippen molar-refractivity contribution >= 4 is 12.6 Å². The van der Waals surface area contributed by atoms with Gasteiger partial charge in [-0.25, -0.2) is 4.39 Å². The molecule has 1 aliphatic heterocycles. The van der Waals surface area contributed by atoms with E-state index in [1.54, 1.807) is 6.07 Å². The highest BCUT2D eigenvalue weighted by Crippen LogP contribution is 2.16. The molecule has 0 saturated carbocycles. The van der Waals surface area contributed by atoms with Gasteiger partial charge in [-0.2, -0.15) is 0 Å². The zero-order valence-corrected chi connectivity index (χ0v) is 11.4. The Morgan fingerprint density at radius 2 is 2.16 bits per heavy atom. The zero-order chi connectivity index (χ0) is 14.0. The molecule has 4 nitrogen and oxygen atoms in total. The summed E-state index contributed by atoms with van der Waals surface area (Å²) in [5.41, 5.74) is 0.852. The summed E-state index contributed by atoms with van der Waals surface area (Å²) < 4.78 is 13.4. The molecule has 6 heteroatoms. The Bertz CT molecular complexity index is 443. The van der Waals surface area contributed by atoms with Gasteiger partial charge in [0, 0.05) is 31.1 Å². The molecule has 1 aromatic carbocycles. The first kappa shape index (κ1) is 14.5. The van der Waals surface area contributed by atoms with Crippen LogP contribution in [0.25, 0.3) is 0 Å². The first-order chi connectivity index (χ1) is 8.97. The highest BCUT2D eigenvalue weighted by atomic mass is 19.1. The maximum absolute atomic E-state index is 13.4. The summed E-state index contributed by atoms with van der Waals surface area (Å²) in [6, 6.07) is 5.08. The van der Waals surface area contributed by atoms with E-state index in [0.29, 0.717) is 12.6 Å². The lowest BCUT2D eigenvalue weighted by Crippen LogP contribution is -2.34. The number of benzene rings is 1. The minimum Gasteiger partial charge on any atom is -0.423 e. The van der Waals surface area contributed by atoms with Crippen LogP contribution in [0.15, 0.2) is 18.2 Å². The number of rotatable bonds is 4. The molecule has 0 radical (unpaired) electrons. The van der Waals surface area contributed by atoms with Crippen LogP contribution >= 0.6 is 0 Å². The molecule has 2 N–H and O–H groups in total. The SMILES string of the molecule is CN(C)C1CCN(Cc2ccc(F)c(B(O)O)c2)C1. The lowest BCUT2D eigenvalue weighted by atomic mass is 9.79. The molecule has 0 bridgehead atoms. The number of likely N-dealkylation sites (tertiary alicyclic amines) is 1. The largest absolute Gasteiger partial charge is 0.491 e. The zero-order valence-electron chi connectivity index (χ0n) is 11.4. The highest BCUT2D eigenvalue weighted by Gasteiger charge is 2.24. The molecule has 1 saturated heterocycles. The van der Waals surface area contributed by atoms with Crippen molar-refractivity contribution in [2.45, 2.75) is 19.0 Å². The van der Waals surface area contributed by atoms with E-state index in [1.807, 2.05) is 0 Å². The summed E-state index contributed by atoms with van der Waals surface area (Å²) in [4.78, 5) is 4.51. The van der Waals surface area contributed by atoms with Gasteiger partial charge in [0.25, 0.3) is 0 Å². The topological polar surface area (TPSA) is 46.9 Å². The van der Waals surface area contributed by atoms with E-state index in [-0.39, 0.29) is 5.46 Å². The Kier molecular flexibility index (Phi) is 4.57. The van der Waals surface area contributed by atoms with Crippen molar-refractivity contribution in [3.8, 4) is 0 Å². The number of hydrogen-bond acceptors (Lipinski definition) is 4. The molecule has 0 spiro atoms.